The van der Waals surface area contributed by atoms with Crippen molar-refractivity contribution in [2.24, 2.45) is 0 Å². The van der Waals surface area contributed by atoms with Crippen molar-refractivity contribution in [3.63, 3.8) is 0 Å². The van der Waals surface area contributed by atoms with Crippen molar-refractivity contribution < 1.29 is 0 Å². The van der Waals surface area contributed by atoms with Gasteiger partial charge in [-0.05, 0) is 31.0 Å². The molecule has 0 unspecified atom stereocenters. The zero-order chi connectivity index (χ0) is 13.8. The topological polar surface area (TPSA) is 45.2 Å². The monoisotopic (exact) mass is 269 g/mol. The van der Waals surface area contributed by atoms with Crippen LogP contribution < -0.4 is 9.80 Å². The van der Waals surface area contributed by atoms with E-state index in [4.69, 9.17) is 0 Å². The summed E-state index contributed by atoms with van der Waals surface area (Å²) in [6.45, 7) is 1.98. The van der Waals surface area contributed by atoms with Gasteiger partial charge in [0.15, 0.2) is 0 Å². The van der Waals surface area contributed by atoms with Crippen molar-refractivity contribution in [1.29, 1.82) is 0 Å². The molecule has 1 saturated heterocycles. The zero-order valence-electron chi connectivity index (χ0n) is 11.7. The second kappa shape index (κ2) is 5.86. The molecule has 20 heavy (non-hydrogen) atoms. The Kier molecular flexibility index (Phi) is 3.76. The Labute approximate surface area is 119 Å². The van der Waals surface area contributed by atoms with Gasteiger partial charge in [-0.15, -0.1) is 0 Å². The van der Waals surface area contributed by atoms with Crippen LogP contribution >= 0.6 is 0 Å². The molecular formula is C15H19N5. The van der Waals surface area contributed by atoms with Crippen molar-refractivity contribution >= 4 is 11.8 Å². The van der Waals surface area contributed by atoms with Crippen molar-refractivity contribution in [3.8, 4) is 0 Å². The maximum Gasteiger partial charge on any atom is 0.225 e. The first kappa shape index (κ1) is 12.8. The zero-order valence-corrected chi connectivity index (χ0v) is 11.7. The van der Waals surface area contributed by atoms with E-state index in [2.05, 4.69) is 37.9 Å². The lowest BCUT2D eigenvalue weighted by molar-refractivity contribution is 0.475. The quantitative estimate of drug-likeness (QED) is 0.852. The van der Waals surface area contributed by atoms with E-state index in [1.807, 2.05) is 24.4 Å². The third-order valence-corrected chi connectivity index (χ3v) is 3.86. The van der Waals surface area contributed by atoms with Gasteiger partial charge in [-0.2, -0.15) is 0 Å². The minimum absolute atomic E-state index is 0.532. The molecule has 1 aliphatic rings. The van der Waals surface area contributed by atoms with E-state index in [0.29, 0.717) is 6.04 Å². The number of hydrogen-bond acceptors (Lipinski definition) is 5. The van der Waals surface area contributed by atoms with Crippen LogP contribution in [0.15, 0.2) is 42.9 Å². The van der Waals surface area contributed by atoms with Crippen molar-refractivity contribution in [2.45, 2.75) is 18.9 Å². The van der Waals surface area contributed by atoms with Gasteiger partial charge in [0.05, 0.1) is 0 Å². The fourth-order valence-corrected chi connectivity index (χ4v) is 2.66. The highest BCUT2D eigenvalue weighted by molar-refractivity contribution is 5.39. The largest absolute Gasteiger partial charge is 0.357 e. The highest BCUT2D eigenvalue weighted by atomic mass is 15.3. The maximum atomic E-state index is 4.42. The first-order chi connectivity index (χ1) is 9.84. The number of anilines is 2. The first-order valence-electron chi connectivity index (χ1n) is 7.00. The summed E-state index contributed by atoms with van der Waals surface area (Å²) in [6, 6.07) is 8.43. The van der Waals surface area contributed by atoms with Crippen LogP contribution in [-0.2, 0) is 0 Å². The third kappa shape index (κ3) is 2.71. The van der Waals surface area contributed by atoms with Gasteiger partial charge in [0.1, 0.15) is 5.82 Å². The van der Waals surface area contributed by atoms with E-state index < -0.39 is 0 Å². The summed E-state index contributed by atoms with van der Waals surface area (Å²) < 4.78 is 0. The smallest absolute Gasteiger partial charge is 0.225 e. The van der Waals surface area contributed by atoms with Gasteiger partial charge in [-0.1, -0.05) is 6.07 Å². The van der Waals surface area contributed by atoms with E-state index in [-0.39, 0.29) is 0 Å². The maximum absolute atomic E-state index is 4.42. The van der Waals surface area contributed by atoms with Crippen molar-refractivity contribution in [1.82, 2.24) is 15.0 Å². The number of pyridine rings is 1. The van der Waals surface area contributed by atoms with Crippen LogP contribution in [0, 0.1) is 0 Å². The summed E-state index contributed by atoms with van der Waals surface area (Å²) in [6.07, 6.45) is 7.65. The Bertz CT molecular complexity index is 522. The van der Waals surface area contributed by atoms with Crippen molar-refractivity contribution in [3.05, 3.63) is 42.9 Å². The van der Waals surface area contributed by atoms with Crippen LogP contribution in [0.1, 0.15) is 12.8 Å². The minimum atomic E-state index is 0.532. The highest BCUT2D eigenvalue weighted by Gasteiger charge is 2.24. The van der Waals surface area contributed by atoms with Gasteiger partial charge in [0.2, 0.25) is 5.95 Å². The highest BCUT2D eigenvalue weighted by Crippen LogP contribution is 2.21. The number of nitrogens with zero attached hydrogens (tertiary/aromatic N) is 5. The lowest BCUT2D eigenvalue weighted by Gasteiger charge is -2.37. The van der Waals surface area contributed by atoms with Gasteiger partial charge in [-0.25, -0.2) is 15.0 Å². The molecule has 0 amide bonds. The molecule has 3 heterocycles. The molecule has 0 aliphatic carbocycles. The molecule has 0 radical (unpaired) electrons. The second-order valence-electron chi connectivity index (χ2n) is 5.07. The van der Waals surface area contributed by atoms with E-state index in [0.717, 1.165) is 37.7 Å². The van der Waals surface area contributed by atoms with Crippen LogP contribution in [0.3, 0.4) is 0 Å². The van der Waals surface area contributed by atoms with Crippen LogP contribution in [0.4, 0.5) is 11.8 Å². The number of piperidine rings is 1. The van der Waals surface area contributed by atoms with E-state index in [1.54, 1.807) is 12.4 Å². The Morgan fingerprint density at radius 1 is 1.00 bits per heavy atom. The standard InChI is InChI=1S/C15H19N5/c1-19(14-5-2-3-8-16-14)13-6-11-20(12-7-13)15-17-9-4-10-18-15/h2-5,8-10,13H,6-7,11-12H2,1H3. The second-order valence-corrected chi connectivity index (χ2v) is 5.07. The van der Waals surface area contributed by atoms with Gasteiger partial charge >= 0.3 is 0 Å². The van der Waals surface area contributed by atoms with Gasteiger partial charge in [0.25, 0.3) is 0 Å². The summed E-state index contributed by atoms with van der Waals surface area (Å²) in [5.41, 5.74) is 0. The Balaban J connectivity index is 1.61. The molecule has 0 aromatic carbocycles. The number of rotatable bonds is 3. The molecule has 0 atom stereocenters. The summed E-state index contributed by atoms with van der Waals surface area (Å²) >= 11 is 0. The lowest BCUT2D eigenvalue weighted by atomic mass is 10.0. The Morgan fingerprint density at radius 3 is 2.35 bits per heavy atom. The fraction of sp³-hybridized carbons (Fsp3) is 0.400. The molecular weight excluding hydrogens is 250 g/mol. The average Bonchev–Trinajstić information content (AvgIpc) is 2.56. The third-order valence-electron chi connectivity index (χ3n) is 3.86. The Morgan fingerprint density at radius 2 is 1.70 bits per heavy atom. The average molecular weight is 269 g/mol. The van der Waals surface area contributed by atoms with Crippen molar-refractivity contribution in [2.75, 3.05) is 29.9 Å². The summed E-state index contributed by atoms with van der Waals surface area (Å²) in [5, 5.41) is 0. The van der Waals surface area contributed by atoms with Crippen LogP contribution in [0.25, 0.3) is 0 Å². The Hall–Kier alpha value is -2.17. The molecule has 2 aromatic heterocycles. The molecule has 2 aromatic rings. The van der Waals surface area contributed by atoms with E-state index in [1.165, 1.54) is 0 Å². The molecule has 1 fully saturated rings. The van der Waals surface area contributed by atoms with E-state index >= 15 is 0 Å². The fourth-order valence-electron chi connectivity index (χ4n) is 2.66. The normalized spacial score (nSPS) is 16.1. The molecule has 1 aliphatic heterocycles. The summed E-state index contributed by atoms with van der Waals surface area (Å²) in [7, 11) is 2.13. The van der Waals surface area contributed by atoms with Crippen LogP contribution in [0.5, 0.6) is 0 Å². The molecule has 0 bridgehead atoms. The molecule has 104 valence electrons. The molecule has 3 rings (SSSR count). The minimum Gasteiger partial charge on any atom is -0.357 e. The van der Waals surface area contributed by atoms with Gasteiger partial charge in [0, 0.05) is 44.8 Å². The van der Waals surface area contributed by atoms with Crippen LogP contribution in [0.2, 0.25) is 0 Å². The van der Waals surface area contributed by atoms with Crippen LogP contribution in [-0.4, -0.2) is 41.1 Å². The predicted octanol–water partition coefficient (Wildman–Crippen LogP) is 1.98. The summed E-state index contributed by atoms with van der Waals surface area (Å²) in [5.74, 6) is 1.88. The molecule has 0 spiro atoms. The summed E-state index contributed by atoms with van der Waals surface area (Å²) in [4.78, 5) is 17.6. The number of hydrogen-bond donors (Lipinski definition) is 0. The SMILES string of the molecule is CN(c1ccccn1)C1CCN(c2ncccn2)CC1. The predicted molar refractivity (Wildman–Crippen MR) is 79.9 cm³/mol. The van der Waals surface area contributed by atoms with Gasteiger partial charge < -0.3 is 9.80 Å². The molecule has 0 saturated carbocycles. The van der Waals surface area contributed by atoms with E-state index in [9.17, 15) is 0 Å². The molecule has 0 N–H and O–H groups in total. The lowest BCUT2D eigenvalue weighted by Crippen LogP contribution is -2.44. The first-order valence-corrected chi connectivity index (χ1v) is 7.00. The number of aromatic nitrogens is 3. The molecule has 5 heteroatoms. The van der Waals surface area contributed by atoms with Gasteiger partial charge in [-0.3, -0.25) is 0 Å². The molecule has 5 nitrogen and oxygen atoms in total.